The van der Waals surface area contributed by atoms with Gasteiger partial charge in [-0.2, -0.15) is 11.8 Å². The third kappa shape index (κ3) is 5.69. The lowest BCUT2D eigenvalue weighted by Gasteiger charge is -2.15. The van der Waals surface area contributed by atoms with E-state index in [1.165, 1.54) is 6.07 Å². The predicted octanol–water partition coefficient (Wildman–Crippen LogP) is 3.94. The van der Waals surface area contributed by atoms with Crippen LogP contribution in [0.5, 0.6) is 5.75 Å². The van der Waals surface area contributed by atoms with Crippen molar-refractivity contribution in [2.45, 2.75) is 33.2 Å². The van der Waals surface area contributed by atoms with Crippen molar-refractivity contribution in [2.75, 3.05) is 23.4 Å². The summed E-state index contributed by atoms with van der Waals surface area (Å²) in [6.07, 6.45) is 0.870. The first kappa shape index (κ1) is 16.6. The highest BCUT2D eigenvalue weighted by atomic mass is 32.2. The summed E-state index contributed by atoms with van der Waals surface area (Å²) in [6.45, 7) is 6.73. The van der Waals surface area contributed by atoms with E-state index in [0.29, 0.717) is 12.4 Å². The number of nitro groups is 1. The van der Waals surface area contributed by atoms with Crippen molar-refractivity contribution in [1.29, 1.82) is 0 Å². The first-order chi connectivity index (χ1) is 9.56. The highest BCUT2D eigenvalue weighted by molar-refractivity contribution is 7.99. The Morgan fingerprint density at radius 2 is 2.15 bits per heavy atom. The molecule has 0 bridgehead atoms. The van der Waals surface area contributed by atoms with Gasteiger partial charge in [-0.15, -0.1) is 0 Å². The van der Waals surface area contributed by atoms with Crippen molar-refractivity contribution in [3.63, 3.8) is 0 Å². The molecule has 0 amide bonds. The minimum absolute atomic E-state index is 0.0523. The Morgan fingerprint density at radius 3 is 2.75 bits per heavy atom. The third-order valence-electron chi connectivity index (χ3n) is 2.56. The van der Waals surface area contributed by atoms with E-state index in [4.69, 9.17) is 4.74 Å². The van der Waals surface area contributed by atoms with Gasteiger partial charge in [0, 0.05) is 29.6 Å². The van der Waals surface area contributed by atoms with Gasteiger partial charge < -0.3 is 10.1 Å². The summed E-state index contributed by atoms with van der Waals surface area (Å²) in [7, 11) is 0. The van der Waals surface area contributed by atoms with Gasteiger partial charge >= 0.3 is 0 Å². The average Bonchev–Trinajstić information content (AvgIpc) is 2.42. The molecule has 1 N–H and O–H groups in total. The number of hydrogen-bond acceptors (Lipinski definition) is 5. The molecular weight excluding hydrogens is 276 g/mol. The maximum absolute atomic E-state index is 11.0. The normalized spacial score (nSPS) is 11.9. The van der Waals surface area contributed by atoms with Crippen molar-refractivity contribution in [3.8, 4) is 5.75 Å². The molecule has 1 aromatic rings. The second-order valence-corrected chi connectivity index (χ2v) is 5.84. The number of nitro benzene ring substituents is 1. The molecule has 0 fully saturated rings. The van der Waals surface area contributed by atoms with E-state index in [2.05, 4.69) is 19.2 Å². The number of thioether (sulfide) groups is 1. The zero-order chi connectivity index (χ0) is 15.0. The van der Waals surface area contributed by atoms with Gasteiger partial charge in [-0.3, -0.25) is 10.1 Å². The molecule has 0 aliphatic rings. The number of benzene rings is 1. The van der Waals surface area contributed by atoms with Crippen molar-refractivity contribution >= 4 is 23.1 Å². The van der Waals surface area contributed by atoms with E-state index < -0.39 is 4.92 Å². The van der Waals surface area contributed by atoms with Crippen LogP contribution in [0.3, 0.4) is 0 Å². The van der Waals surface area contributed by atoms with Crippen LogP contribution in [0.15, 0.2) is 18.2 Å². The van der Waals surface area contributed by atoms with E-state index in [1.807, 2.05) is 24.8 Å². The van der Waals surface area contributed by atoms with E-state index in [-0.39, 0.29) is 11.7 Å². The molecule has 112 valence electrons. The second-order valence-electron chi connectivity index (χ2n) is 4.53. The molecule has 0 saturated carbocycles. The van der Waals surface area contributed by atoms with Crippen LogP contribution in [-0.4, -0.2) is 29.1 Å². The molecule has 6 heteroatoms. The minimum atomic E-state index is -0.393. The fourth-order valence-electron chi connectivity index (χ4n) is 1.70. The first-order valence-electron chi connectivity index (χ1n) is 6.83. The van der Waals surface area contributed by atoms with Gasteiger partial charge in [0.05, 0.1) is 17.6 Å². The topological polar surface area (TPSA) is 64.4 Å². The van der Waals surface area contributed by atoms with Crippen LogP contribution in [0, 0.1) is 10.1 Å². The smallest absolute Gasteiger partial charge is 0.275 e. The fourth-order valence-corrected chi connectivity index (χ4v) is 2.37. The zero-order valence-electron chi connectivity index (χ0n) is 12.2. The summed E-state index contributed by atoms with van der Waals surface area (Å²) >= 11 is 1.84. The van der Waals surface area contributed by atoms with Crippen molar-refractivity contribution in [1.82, 2.24) is 0 Å². The largest absolute Gasteiger partial charge is 0.493 e. The molecule has 1 atom stereocenters. The molecule has 5 nitrogen and oxygen atoms in total. The van der Waals surface area contributed by atoms with Crippen LogP contribution < -0.4 is 10.1 Å². The van der Waals surface area contributed by atoms with Gasteiger partial charge in [-0.25, -0.2) is 0 Å². The Morgan fingerprint density at radius 1 is 1.40 bits per heavy atom. The molecular formula is C14H22N2O3S. The molecule has 0 radical (unpaired) electrons. The Labute approximate surface area is 124 Å². The molecule has 0 aliphatic carbocycles. The quantitative estimate of drug-likeness (QED) is 0.552. The number of nitrogens with one attached hydrogen (secondary N) is 1. The number of rotatable bonds is 9. The first-order valence-corrected chi connectivity index (χ1v) is 7.98. The molecule has 1 rings (SSSR count). The fraction of sp³-hybridized carbons (Fsp3) is 0.571. The summed E-state index contributed by atoms with van der Waals surface area (Å²) in [5.74, 6) is 2.56. The number of non-ortho nitro benzene ring substituents is 1. The molecule has 0 aromatic heterocycles. The molecule has 0 heterocycles. The van der Waals surface area contributed by atoms with Crippen molar-refractivity contribution in [2.24, 2.45) is 0 Å². The lowest BCUT2D eigenvalue weighted by atomic mass is 10.2. The van der Waals surface area contributed by atoms with Crippen LogP contribution in [-0.2, 0) is 0 Å². The van der Waals surface area contributed by atoms with Crippen LogP contribution in [0.2, 0.25) is 0 Å². The second kappa shape index (κ2) is 8.68. The van der Waals surface area contributed by atoms with Gasteiger partial charge in [0.15, 0.2) is 0 Å². The van der Waals surface area contributed by atoms with E-state index >= 15 is 0 Å². The molecule has 1 unspecified atom stereocenters. The Hall–Kier alpha value is -1.43. The van der Waals surface area contributed by atoms with Gasteiger partial charge in [-0.1, -0.05) is 13.8 Å². The number of ether oxygens (including phenoxy) is 1. The number of hydrogen-bond donors (Lipinski definition) is 1. The van der Waals surface area contributed by atoms with Gasteiger partial charge in [0.1, 0.15) is 5.75 Å². The molecule has 0 aliphatic heterocycles. The summed E-state index contributed by atoms with van der Waals surface area (Å²) in [5, 5.41) is 14.2. The molecule has 0 spiro atoms. The maximum Gasteiger partial charge on any atom is 0.275 e. The average molecular weight is 298 g/mol. The Kier molecular flexibility index (Phi) is 7.22. The highest BCUT2D eigenvalue weighted by Crippen LogP contribution is 2.27. The Balaban J connectivity index is 2.82. The summed E-state index contributed by atoms with van der Waals surface area (Å²) in [6, 6.07) is 5.08. The van der Waals surface area contributed by atoms with Gasteiger partial charge in [0.25, 0.3) is 5.69 Å². The number of anilines is 1. The van der Waals surface area contributed by atoms with Crippen LogP contribution in [0.1, 0.15) is 27.2 Å². The monoisotopic (exact) mass is 298 g/mol. The van der Waals surface area contributed by atoms with Crippen LogP contribution >= 0.6 is 11.8 Å². The predicted molar refractivity (Wildman–Crippen MR) is 85.0 cm³/mol. The van der Waals surface area contributed by atoms with E-state index in [0.717, 1.165) is 23.6 Å². The Bertz CT molecular complexity index is 440. The van der Waals surface area contributed by atoms with Crippen molar-refractivity contribution < 1.29 is 9.66 Å². The lowest BCUT2D eigenvalue weighted by Crippen LogP contribution is -2.18. The van der Waals surface area contributed by atoms with Crippen LogP contribution in [0.4, 0.5) is 11.4 Å². The maximum atomic E-state index is 11.0. The minimum Gasteiger partial charge on any atom is -0.493 e. The summed E-state index contributed by atoms with van der Waals surface area (Å²) < 4.78 is 5.50. The number of nitrogens with zero attached hydrogens (tertiary/aromatic N) is 1. The summed E-state index contributed by atoms with van der Waals surface area (Å²) in [5.41, 5.74) is 0.783. The van der Waals surface area contributed by atoms with Crippen molar-refractivity contribution in [3.05, 3.63) is 28.3 Å². The molecule has 0 saturated heterocycles. The lowest BCUT2D eigenvalue weighted by molar-refractivity contribution is -0.384. The SMILES string of the molecule is CCCOc1cc(NC(C)CSCC)cc([N+](=O)[O-])c1. The van der Waals surface area contributed by atoms with E-state index in [1.54, 1.807) is 6.07 Å². The third-order valence-corrected chi connectivity index (χ3v) is 3.70. The van der Waals surface area contributed by atoms with Crippen LogP contribution in [0.25, 0.3) is 0 Å². The standard InChI is InChI=1S/C14H22N2O3S/c1-4-6-19-14-8-12(7-13(9-14)16(17)18)15-11(3)10-20-5-2/h7-9,11,15H,4-6,10H2,1-3H3. The van der Waals surface area contributed by atoms with E-state index in [9.17, 15) is 10.1 Å². The molecule has 1 aromatic carbocycles. The summed E-state index contributed by atoms with van der Waals surface area (Å²) in [4.78, 5) is 10.6. The highest BCUT2D eigenvalue weighted by Gasteiger charge is 2.12. The molecule has 20 heavy (non-hydrogen) atoms. The zero-order valence-corrected chi connectivity index (χ0v) is 13.0. The van der Waals surface area contributed by atoms with Gasteiger partial charge in [0.2, 0.25) is 0 Å². The van der Waals surface area contributed by atoms with Gasteiger partial charge in [-0.05, 0) is 19.1 Å².